The van der Waals surface area contributed by atoms with Gasteiger partial charge in [0.25, 0.3) is 0 Å². The average Bonchev–Trinajstić information content (AvgIpc) is 3.11. The first-order valence-corrected chi connectivity index (χ1v) is 11.6. The lowest BCUT2D eigenvalue weighted by Crippen LogP contribution is -2.34. The fraction of sp³-hybridized carbons (Fsp3) is 0.591. The van der Waals surface area contributed by atoms with Crippen LogP contribution in [0.15, 0.2) is 29.3 Å². The number of aliphatic imine (C=N–C) groups is 1. The number of hydrogen-bond acceptors (Lipinski definition) is 4. The third-order valence-corrected chi connectivity index (χ3v) is 8.70. The molecule has 0 spiro atoms. The number of methoxy groups -OCH3 is 1. The fourth-order valence-electron chi connectivity index (χ4n) is 3.94. The molecule has 0 amide bonds. The Labute approximate surface area is 167 Å². The number of ether oxygens (including phenoxy) is 1. The maximum absolute atomic E-state index is 14.0. The summed E-state index contributed by atoms with van der Waals surface area (Å²) in [5.41, 5.74) is 2.72. The third-order valence-electron chi connectivity index (χ3n) is 5.92. The van der Waals surface area contributed by atoms with Crippen molar-refractivity contribution in [2.75, 3.05) is 12.9 Å². The zero-order valence-corrected chi connectivity index (χ0v) is 18.0. The van der Waals surface area contributed by atoms with Crippen LogP contribution in [0, 0.1) is 17.7 Å². The molecule has 1 aliphatic heterocycles. The van der Waals surface area contributed by atoms with E-state index in [1.54, 1.807) is 26.8 Å². The van der Waals surface area contributed by atoms with Crippen LogP contribution in [0.1, 0.15) is 58.4 Å². The van der Waals surface area contributed by atoms with Crippen molar-refractivity contribution in [2.24, 2.45) is 16.8 Å². The molecule has 0 N–H and O–H groups in total. The van der Waals surface area contributed by atoms with Gasteiger partial charge in [-0.1, -0.05) is 6.08 Å². The normalized spacial score (nSPS) is 23.3. The summed E-state index contributed by atoms with van der Waals surface area (Å²) in [5, 5.41) is 0. The molecule has 154 valence electrons. The number of nitrogens with zero attached hydrogens (tertiary/aromatic N) is 1. The molecule has 6 heteroatoms. The molecule has 0 bridgehead atoms. The number of allylic oxidation sites excluding steroid dienone is 1. The second kappa shape index (κ2) is 7.97. The first-order chi connectivity index (χ1) is 13.1. The minimum Gasteiger partial charge on any atom is -0.494 e. The Balaban J connectivity index is 1.60. The predicted octanol–water partition coefficient (Wildman–Crippen LogP) is 5.04. The molecule has 4 nitrogen and oxygen atoms in total. The Hall–Kier alpha value is -1.69. The molecule has 0 atom stereocenters. The highest BCUT2D eigenvalue weighted by Gasteiger charge is 2.34. The number of halogens is 1. The van der Waals surface area contributed by atoms with Gasteiger partial charge in [0, 0.05) is 17.7 Å². The summed E-state index contributed by atoms with van der Waals surface area (Å²) < 4.78 is 43.2. The molecule has 1 aromatic rings. The zero-order chi connectivity index (χ0) is 20.5. The van der Waals surface area contributed by atoms with Crippen molar-refractivity contribution >= 4 is 21.2 Å². The molecule has 1 heterocycles. The van der Waals surface area contributed by atoms with Crippen molar-refractivity contribution in [3.8, 4) is 5.75 Å². The molecule has 0 radical (unpaired) electrons. The second-order valence-corrected chi connectivity index (χ2v) is 11.6. The average molecular weight is 408 g/mol. The van der Waals surface area contributed by atoms with Crippen molar-refractivity contribution in [1.29, 1.82) is 0 Å². The summed E-state index contributed by atoms with van der Waals surface area (Å²) in [6, 6.07) is 4.92. The van der Waals surface area contributed by atoms with E-state index in [0.29, 0.717) is 5.92 Å². The van der Waals surface area contributed by atoms with Crippen LogP contribution in [-0.4, -0.2) is 31.7 Å². The molecule has 28 heavy (non-hydrogen) atoms. The highest BCUT2D eigenvalue weighted by atomic mass is 32.2. The quantitative estimate of drug-likeness (QED) is 0.687. The monoisotopic (exact) mass is 407 g/mol. The van der Waals surface area contributed by atoms with Crippen LogP contribution in [-0.2, 0) is 9.84 Å². The van der Waals surface area contributed by atoms with Gasteiger partial charge in [-0.05, 0) is 76.5 Å². The van der Waals surface area contributed by atoms with E-state index in [2.05, 4.69) is 0 Å². The van der Waals surface area contributed by atoms with Crippen molar-refractivity contribution in [3.05, 3.63) is 35.7 Å². The molecule has 3 rings (SSSR count). The SMILES string of the molecule is COc1ccc(C2=CCC(C3CCC(CS(=O)(=O)C(C)(C)C)CC3)=N2)cc1F. The summed E-state index contributed by atoms with van der Waals surface area (Å²) in [4.78, 5) is 4.77. The molecule has 1 aliphatic carbocycles. The van der Waals surface area contributed by atoms with E-state index in [1.807, 2.05) is 12.1 Å². The Kier molecular flexibility index (Phi) is 5.99. The van der Waals surface area contributed by atoms with Crippen LogP contribution in [0.4, 0.5) is 4.39 Å². The molecule has 1 aromatic carbocycles. The maximum Gasteiger partial charge on any atom is 0.165 e. The topological polar surface area (TPSA) is 55.7 Å². The highest BCUT2D eigenvalue weighted by molar-refractivity contribution is 7.92. The summed E-state index contributed by atoms with van der Waals surface area (Å²) in [5.74, 6) is 0.765. The van der Waals surface area contributed by atoms with E-state index in [-0.39, 0.29) is 23.2 Å². The highest BCUT2D eigenvalue weighted by Crippen LogP contribution is 2.36. The van der Waals surface area contributed by atoms with Crippen molar-refractivity contribution in [2.45, 2.75) is 57.6 Å². The standard InChI is InChI=1S/C22H30FNO3S/c1-22(2,3)28(25,26)14-15-5-7-16(8-6-15)19-10-11-20(24-19)17-9-12-21(27-4)18(23)13-17/h9,11-13,15-16H,5-8,10,14H2,1-4H3. The van der Waals surface area contributed by atoms with Gasteiger partial charge < -0.3 is 4.74 Å². The van der Waals surface area contributed by atoms with Crippen molar-refractivity contribution in [1.82, 2.24) is 0 Å². The molecule has 0 saturated heterocycles. The van der Waals surface area contributed by atoms with Crippen LogP contribution in [0.3, 0.4) is 0 Å². The van der Waals surface area contributed by atoms with Crippen molar-refractivity contribution in [3.63, 3.8) is 0 Å². The lowest BCUT2D eigenvalue weighted by atomic mass is 9.80. The van der Waals surface area contributed by atoms with Crippen LogP contribution in [0.25, 0.3) is 5.70 Å². The van der Waals surface area contributed by atoms with Gasteiger partial charge in [0.05, 0.1) is 23.3 Å². The number of sulfone groups is 1. The van der Waals surface area contributed by atoms with E-state index in [9.17, 15) is 12.8 Å². The molecular formula is C22H30FNO3S. The Morgan fingerprint density at radius 3 is 2.43 bits per heavy atom. The largest absolute Gasteiger partial charge is 0.494 e. The molecule has 1 fully saturated rings. The Morgan fingerprint density at radius 1 is 1.18 bits per heavy atom. The first kappa shape index (κ1) is 21.0. The van der Waals surface area contributed by atoms with Gasteiger partial charge >= 0.3 is 0 Å². The molecular weight excluding hydrogens is 377 g/mol. The third kappa shape index (κ3) is 4.48. The number of hydrogen-bond donors (Lipinski definition) is 0. The minimum absolute atomic E-state index is 0.232. The first-order valence-electron chi connectivity index (χ1n) is 9.94. The smallest absolute Gasteiger partial charge is 0.165 e. The predicted molar refractivity (Wildman–Crippen MR) is 112 cm³/mol. The minimum atomic E-state index is -3.07. The summed E-state index contributed by atoms with van der Waals surface area (Å²) in [7, 11) is -1.62. The van der Waals surface area contributed by atoms with E-state index < -0.39 is 14.6 Å². The fourth-order valence-corrected chi connectivity index (χ4v) is 5.39. The number of rotatable bonds is 5. The van der Waals surface area contributed by atoms with Gasteiger partial charge in [-0.15, -0.1) is 0 Å². The van der Waals surface area contributed by atoms with Gasteiger partial charge in [0.2, 0.25) is 0 Å². The van der Waals surface area contributed by atoms with Crippen LogP contribution < -0.4 is 4.74 Å². The maximum atomic E-state index is 14.0. The van der Waals surface area contributed by atoms with Gasteiger partial charge in [0.1, 0.15) is 0 Å². The summed E-state index contributed by atoms with van der Waals surface area (Å²) in [6.45, 7) is 5.32. The van der Waals surface area contributed by atoms with E-state index in [4.69, 9.17) is 9.73 Å². The Morgan fingerprint density at radius 2 is 1.86 bits per heavy atom. The zero-order valence-electron chi connectivity index (χ0n) is 17.2. The molecule has 1 saturated carbocycles. The van der Waals surface area contributed by atoms with Crippen LogP contribution in [0.2, 0.25) is 0 Å². The van der Waals surface area contributed by atoms with E-state index in [1.165, 1.54) is 13.2 Å². The van der Waals surface area contributed by atoms with Gasteiger partial charge in [-0.3, -0.25) is 4.99 Å². The van der Waals surface area contributed by atoms with E-state index >= 15 is 0 Å². The lowest BCUT2D eigenvalue weighted by molar-refractivity contribution is 0.342. The van der Waals surface area contributed by atoms with Crippen molar-refractivity contribution < 1.29 is 17.5 Å². The van der Waals surface area contributed by atoms with Crippen LogP contribution >= 0.6 is 0 Å². The molecule has 0 aromatic heterocycles. The second-order valence-electron chi connectivity index (χ2n) is 8.86. The van der Waals surface area contributed by atoms with Crippen LogP contribution in [0.5, 0.6) is 5.75 Å². The summed E-state index contributed by atoms with van der Waals surface area (Å²) in [6.07, 6.45) is 6.63. The van der Waals surface area contributed by atoms with Gasteiger partial charge in [0.15, 0.2) is 21.4 Å². The van der Waals surface area contributed by atoms with E-state index in [0.717, 1.165) is 49.1 Å². The molecule has 2 aliphatic rings. The number of benzene rings is 1. The molecule has 0 unspecified atom stereocenters. The lowest BCUT2D eigenvalue weighted by Gasteiger charge is -2.30. The van der Waals surface area contributed by atoms with Gasteiger partial charge in [-0.2, -0.15) is 0 Å². The van der Waals surface area contributed by atoms with Gasteiger partial charge in [-0.25, -0.2) is 12.8 Å². The Bertz CT molecular complexity index is 889. The summed E-state index contributed by atoms with van der Waals surface area (Å²) >= 11 is 0.